The van der Waals surface area contributed by atoms with Gasteiger partial charge in [0.25, 0.3) is 0 Å². The van der Waals surface area contributed by atoms with Gasteiger partial charge in [0, 0.05) is 42.0 Å². The van der Waals surface area contributed by atoms with Crippen LogP contribution in [0, 0.1) is 28.4 Å². The van der Waals surface area contributed by atoms with E-state index in [9.17, 15) is 15.2 Å². The Morgan fingerprint density at radius 3 is 2.61 bits per heavy atom. The maximum Gasteiger partial charge on any atom is 0.414 e. The number of anilines is 1. The van der Waals surface area contributed by atoms with Gasteiger partial charge in [-0.05, 0) is 62.4 Å². The fraction of sp³-hybridized carbons (Fsp3) is 0.528. The number of benzene rings is 2. The van der Waals surface area contributed by atoms with E-state index in [1.807, 2.05) is 34.6 Å². The summed E-state index contributed by atoms with van der Waals surface area (Å²) < 4.78 is 45.1. The number of rotatable bonds is 15. The molecule has 3 aromatic rings. The lowest BCUT2D eigenvalue weighted by atomic mass is 9.63. The molecule has 0 aliphatic carbocycles. The number of hydrogen-bond donors (Lipinski definition) is 5. The highest BCUT2D eigenvalue weighted by Gasteiger charge is 2.61. The van der Waals surface area contributed by atoms with Crippen LogP contribution in [0.3, 0.4) is 0 Å². The summed E-state index contributed by atoms with van der Waals surface area (Å²) >= 11 is 12.3. The minimum absolute atomic E-state index is 0.0268. The van der Waals surface area contributed by atoms with E-state index in [1.54, 1.807) is 16.9 Å². The van der Waals surface area contributed by atoms with E-state index >= 15 is 8.78 Å². The topological polar surface area (TPSA) is 154 Å². The molecule has 0 bridgehead atoms. The van der Waals surface area contributed by atoms with E-state index in [2.05, 4.69) is 27.1 Å². The van der Waals surface area contributed by atoms with Crippen molar-refractivity contribution in [2.24, 2.45) is 5.41 Å². The van der Waals surface area contributed by atoms with Crippen LogP contribution in [-0.2, 0) is 21.4 Å². The number of aromatic nitrogens is 2. The number of aliphatic hydroxyl groups excluding tert-OH is 2. The summed E-state index contributed by atoms with van der Waals surface area (Å²) in [6.45, 7) is 10.8. The van der Waals surface area contributed by atoms with E-state index in [0.717, 1.165) is 6.07 Å². The number of carbonyl (C=O) groups excluding carboxylic acids is 1. The van der Waals surface area contributed by atoms with Crippen LogP contribution in [0.2, 0.25) is 10.0 Å². The largest absolute Gasteiger partial charge is 0.429 e. The molecule has 0 saturated carbocycles. The molecule has 15 heteroatoms. The molecule has 278 valence electrons. The third-order valence-electron chi connectivity index (χ3n) is 8.61. The summed E-state index contributed by atoms with van der Waals surface area (Å²) in [6.07, 6.45) is -0.462. The van der Waals surface area contributed by atoms with Crippen molar-refractivity contribution in [3.8, 4) is 6.07 Å². The zero-order chi connectivity index (χ0) is 37.6. The van der Waals surface area contributed by atoms with Crippen LogP contribution in [-0.4, -0.2) is 76.4 Å². The zero-order valence-electron chi connectivity index (χ0n) is 29.4. The molecule has 2 aromatic carbocycles. The van der Waals surface area contributed by atoms with E-state index in [0.29, 0.717) is 25.9 Å². The number of aliphatic hydroxyl groups is 2. The third-order valence-corrected chi connectivity index (χ3v) is 9.14. The SMILES string of the molecule is CC(C)(C)C[C@@H]1N[C@H](OC(=O)Nc2ccn(CC(C)(C)OC[C@H](O)CNCCCO)n2)[C@H](c2cccc(Cl)c2F)[C@@]1(C#N)c1ccc(Cl)cc1F. The predicted molar refractivity (Wildman–Crippen MR) is 191 cm³/mol. The number of nitriles is 1. The number of carbonyl (C=O) groups is 1. The van der Waals surface area contributed by atoms with Gasteiger partial charge in [0.15, 0.2) is 12.0 Å². The van der Waals surface area contributed by atoms with Crippen molar-refractivity contribution >= 4 is 35.1 Å². The summed E-state index contributed by atoms with van der Waals surface area (Å²) in [5.74, 6) is -2.68. The van der Waals surface area contributed by atoms with Crippen LogP contribution in [0.1, 0.15) is 64.5 Å². The minimum Gasteiger partial charge on any atom is -0.429 e. The lowest BCUT2D eigenvalue weighted by molar-refractivity contribution is -0.0682. The fourth-order valence-electron chi connectivity index (χ4n) is 6.43. The van der Waals surface area contributed by atoms with Crippen LogP contribution < -0.4 is 16.0 Å². The van der Waals surface area contributed by atoms with Crippen molar-refractivity contribution in [3.05, 3.63) is 81.5 Å². The predicted octanol–water partition coefficient (Wildman–Crippen LogP) is 6.12. The monoisotopic (exact) mass is 750 g/mol. The highest BCUT2D eigenvalue weighted by Crippen LogP contribution is 2.53. The number of ether oxygens (including phenoxy) is 2. The Morgan fingerprint density at radius 2 is 1.94 bits per heavy atom. The van der Waals surface area contributed by atoms with E-state index in [1.165, 1.54) is 30.3 Å². The van der Waals surface area contributed by atoms with Crippen molar-refractivity contribution in [1.82, 2.24) is 20.4 Å². The van der Waals surface area contributed by atoms with Gasteiger partial charge in [-0.2, -0.15) is 10.4 Å². The van der Waals surface area contributed by atoms with E-state index in [-0.39, 0.29) is 46.7 Å². The molecular formula is C36H46Cl2F2N6O5. The molecule has 1 saturated heterocycles. The highest BCUT2D eigenvalue weighted by molar-refractivity contribution is 6.31. The molecule has 0 unspecified atom stereocenters. The lowest BCUT2D eigenvalue weighted by Gasteiger charge is -2.37. The van der Waals surface area contributed by atoms with Crippen molar-refractivity contribution < 1.29 is 33.3 Å². The van der Waals surface area contributed by atoms with Crippen LogP contribution in [0.25, 0.3) is 0 Å². The van der Waals surface area contributed by atoms with Crippen molar-refractivity contribution in [1.29, 1.82) is 5.26 Å². The molecule has 1 aromatic heterocycles. The van der Waals surface area contributed by atoms with E-state index in [4.69, 9.17) is 37.8 Å². The summed E-state index contributed by atoms with van der Waals surface area (Å²) in [6, 6.07) is 11.3. The van der Waals surface area contributed by atoms with Crippen molar-refractivity contribution in [2.75, 3.05) is 31.6 Å². The number of nitrogens with zero attached hydrogens (tertiary/aromatic N) is 3. The Morgan fingerprint density at radius 1 is 1.20 bits per heavy atom. The first-order chi connectivity index (χ1) is 24.0. The lowest BCUT2D eigenvalue weighted by Crippen LogP contribution is -2.44. The molecular weight excluding hydrogens is 705 g/mol. The molecule has 1 aliphatic heterocycles. The second-order valence-electron chi connectivity index (χ2n) is 14.6. The average Bonchev–Trinajstić information content (AvgIpc) is 3.59. The highest BCUT2D eigenvalue weighted by atomic mass is 35.5. The van der Waals surface area contributed by atoms with Gasteiger partial charge in [-0.15, -0.1) is 0 Å². The number of amides is 1. The van der Waals surface area contributed by atoms with Gasteiger partial charge in [-0.3, -0.25) is 15.3 Å². The van der Waals surface area contributed by atoms with Crippen molar-refractivity contribution in [3.63, 3.8) is 0 Å². The first-order valence-electron chi connectivity index (χ1n) is 16.7. The second kappa shape index (κ2) is 17.0. The average molecular weight is 752 g/mol. The maximum absolute atomic E-state index is 15.9. The normalized spacial score (nSPS) is 21.3. The van der Waals surface area contributed by atoms with E-state index < -0.39 is 58.5 Å². The Bertz CT molecular complexity index is 1700. The van der Waals surface area contributed by atoms with Crippen LogP contribution in [0.15, 0.2) is 48.7 Å². The standard InChI is InChI=1S/C36H46Cl2F2N6O5/c1-34(2,3)17-28-36(20-41,25-11-10-22(37)16-27(25)39)30(24-8-6-9-26(38)31(24)40)32(43-28)51-33(49)44-29-12-14-46(45-29)21-35(4,5)50-19-23(48)18-42-13-7-15-47/h6,8-12,14,16,23,28,30,32,42-43,47-48H,7,13,15,17-19,21H2,1-5H3,(H,44,45,49)/t23-,28+,30+,32-,36+/m1/s1. The first-order valence-corrected chi connectivity index (χ1v) is 17.5. The van der Waals surface area contributed by atoms with Gasteiger partial charge in [-0.1, -0.05) is 62.2 Å². The molecule has 4 rings (SSSR count). The quantitative estimate of drug-likeness (QED) is 0.116. The number of nitrogens with one attached hydrogen (secondary N) is 3. The number of hydrogen-bond acceptors (Lipinski definition) is 9. The Kier molecular flexibility index (Phi) is 13.5. The molecule has 5 atom stereocenters. The summed E-state index contributed by atoms with van der Waals surface area (Å²) in [7, 11) is 0. The smallest absolute Gasteiger partial charge is 0.414 e. The molecule has 0 radical (unpaired) electrons. The van der Waals surface area contributed by atoms with Gasteiger partial charge in [-0.25, -0.2) is 13.6 Å². The molecule has 5 N–H and O–H groups in total. The van der Waals surface area contributed by atoms with Crippen LogP contribution in [0.4, 0.5) is 19.4 Å². The van der Waals surface area contributed by atoms with Gasteiger partial charge in [0.2, 0.25) is 0 Å². The maximum atomic E-state index is 15.9. The van der Waals surface area contributed by atoms with Gasteiger partial charge in [0.1, 0.15) is 17.0 Å². The van der Waals surface area contributed by atoms with Gasteiger partial charge >= 0.3 is 6.09 Å². The summed E-state index contributed by atoms with van der Waals surface area (Å²) in [4.78, 5) is 13.4. The zero-order valence-corrected chi connectivity index (χ0v) is 30.9. The molecule has 1 amide bonds. The number of halogens is 4. The molecule has 1 fully saturated rings. The first kappa shape index (κ1) is 40.4. The Hall–Kier alpha value is -3.35. The molecule has 51 heavy (non-hydrogen) atoms. The van der Waals surface area contributed by atoms with Gasteiger partial charge in [0.05, 0.1) is 41.9 Å². The summed E-state index contributed by atoms with van der Waals surface area (Å²) in [5.41, 5.74) is -2.96. The third kappa shape index (κ3) is 10.2. The Balaban J connectivity index is 1.57. The Labute approximate surface area is 307 Å². The second-order valence-corrected chi connectivity index (χ2v) is 15.4. The van der Waals surface area contributed by atoms with Gasteiger partial charge < -0.3 is 25.0 Å². The van der Waals surface area contributed by atoms with Crippen molar-refractivity contribution in [2.45, 2.75) is 89.3 Å². The molecule has 1 aliphatic rings. The molecule has 11 nitrogen and oxygen atoms in total. The summed E-state index contributed by atoms with van der Waals surface area (Å²) in [5, 5.41) is 43.3. The van der Waals surface area contributed by atoms with Crippen LogP contribution in [0.5, 0.6) is 0 Å². The van der Waals surface area contributed by atoms with Crippen LogP contribution >= 0.6 is 23.2 Å². The fourth-order valence-corrected chi connectivity index (χ4v) is 6.77. The minimum atomic E-state index is -1.77. The molecule has 2 heterocycles. The molecule has 0 spiro atoms.